The molecule has 0 unspecified atom stereocenters. The Balaban J connectivity index is 1.76. The molecule has 1 heterocycles. The molecular weight excluding hydrogens is 288 g/mol. The zero-order valence-electron chi connectivity index (χ0n) is 12.7. The number of furan rings is 1. The Morgan fingerprint density at radius 2 is 1.87 bits per heavy atom. The second-order valence-electron chi connectivity index (χ2n) is 5.00. The van der Waals surface area contributed by atoms with Crippen LogP contribution in [0.15, 0.2) is 76.1 Å². The highest BCUT2D eigenvalue weighted by molar-refractivity contribution is 6.03. The molecule has 0 radical (unpaired) electrons. The SMILES string of the molecule is CN=Cc1cccc(NC(=O)c2ccc(-c3ccccc3)o2)c1. The van der Waals surface area contributed by atoms with Crippen LogP contribution in [-0.4, -0.2) is 19.2 Å². The lowest BCUT2D eigenvalue weighted by molar-refractivity contribution is 0.0997. The van der Waals surface area contributed by atoms with E-state index in [-0.39, 0.29) is 11.7 Å². The van der Waals surface area contributed by atoms with Gasteiger partial charge in [-0.15, -0.1) is 0 Å². The van der Waals surface area contributed by atoms with Gasteiger partial charge in [-0.1, -0.05) is 42.5 Å². The Morgan fingerprint density at radius 3 is 2.65 bits per heavy atom. The monoisotopic (exact) mass is 304 g/mol. The van der Waals surface area contributed by atoms with Crippen molar-refractivity contribution >= 4 is 17.8 Å². The first kappa shape index (κ1) is 14.8. The summed E-state index contributed by atoms with van der Waals surface area (Å²) in [4.78, 5) is 16.3. The Hall–Kier alpha value is -3.14. The van der Waals surface area contributed by atoms with Crippen LogP contribution in [0.1, 0.15) is 16.1 Å². The highest BCUT2D eigenvalue weighted by atomic mass is 16.3. The van der Waals surface area contributed by atoms with Crippen LogP contribution in [-0.2, 0) is 0 Å². The summed E-state index contributed by atoms with van der Waals surface area (Å²) in [6.45, 7) is 0. The van der Waals surface area contributed by atoms with Gasteiger partial charge in [0.2, 0.25) is 0 Å². The van der Waals surface area contributed by atoms with Gasteiger partial charge in [0.05, 0.1) is 0 Å². The van der Waals surface area contributed by atoms with E-state index in [2.05, 4.69) is 10.3 Å². The number of nitrogens with zero attached hydrogens (tertiary/aromatic N) is 1. The molecule has 23 heavy (non-hydrogen) atoms. The maximum atomic E-state index is 12.3. The van der Waals surface area contributed by atoms with Gasteiger partial charge in [-0.05, 0) is 29.8 Å². The Labute approximate surface area is 134 Å². The molecule has 0 aliphatic rings. The summed E-state index contributed by atoms with van der Waals surface area (Å²) in [7, 11) is 1.71. The van der Waals surface area contributed by atoms with Crippen LogP contribution in [0, 0.1) is 0 Å². The first-order valence-electron chi connectivity index (χ1n) is 7.25. The van der Waals surface area contributed by atoms with Gasteiger partial charge >= 0.3 is 0 Å². The van der Waals surface area contributed by atoms with Crippen molar-refractivity contribution in [2.45, 2.75) is 0 Å². The van der Waals surface area contributed by atoms with E-state index in [9.17, 15) is 4.79 Å². The molecule has 4 nitrogen and oxygen atoms in total. The van der Waals surface area contributed by atoms with Crippen molar-refractivity contribution in [1.29, 1.82) is 0 Å². The standard InChI is InChI=1S/C19H16N2O2/c1-20-13-14-6-5-9-16(12-14)21-19(22)18-11-10-17(23-18)15-7-3-2-4-8-15/h2-13H,1H3,(H,21,22). The van der Waals surface area contributed by atoms with Crippen molar-refractivity contribution in [3.63, 3.8) is 0 Å². The third kappa shape index (κ3) is 3.55. The minimum absolute atomic E-state index is 0.276. The van der Waals surface area contributed by atoms with Gasteiger partial charge in [0.25, 0.3) is 5.91 Å². The summed E-state index contributed by atoms with van der Waals surface area (Å²) in [5.41, 5.74) is 2.56. The summed E-state index contributed by atoms with van der Waals surface area (Å²) in [5, 5.41) is 2.83. The Bertz CT molecular complexity index is 835. The van der Waals surface area contributed by atoms with Crippen molar-refractivity contribution in [2.24, 2.45) is 4.99 Å². The van der Waals surface area contributed by atoms with E-state index < -0.39 is 0 Å². The van der Waals surface area contributed by atoms with E-state index in [1.54, 1.807) is 25.4 Å². The third-order valence-electron chi connectivity index (χ3n) is 3.31. The van der Waals surface area contributed by atoms with E-state index in [4.69, 9.17) is 4.42 Å². The maximum Gasteiger partial charge on any atom is 0.291 e. The van der Waals surface area contributed by atoms with Gasteiger partial charge in [-0.2, -0.15) is 0 Å². The highest BCUT2D eigenvalue weighted by Gasteiger charge is 2.12. The van der Waals surface area contributed by atoms with E-state index in [1.807, 2.05) is 54.6 Å². The predicted molar refractivity (Wildman–Crippen MR) is 92.1 cm³/mol. The highest BCUT2D eigenvalue weighted by Crippen LogP contribution is 2.22. The van der Waals surface area contributed by atoms with Crippen LogP contribution in [0.3, 0.4) is 0 Å². The van der Waals surface area contributed by atoms with E-state index in [0.717, 1.165) is 11.1 Å². The van der Waals surface area contributed by atoms with Crippen LogP contribution < -0.4 is 5.32 Å². The number of hydrogen-bond donors (Lipinski definition) is 1. The number of amides is 1. The predicted octanol–water partition coefficient (Wildman–Crippen LogP) is 4.25. The largest absolute Gasteiger partial charge is 0.451 e. The van der Waals surface area contributed by atoms with Crippen molar-refractivity contribution in [3.05, 3.63) is 78.1 Å². The molecule has 0 bridgehead atoms. The number of aliphatic imine (C=N–C) groups is 1. The number of benzene rings is 2. The van der Waals surface area contributed by atoms with Gasteiger partial charge in [-0.3, -0.25) is 9.79 Å². The maximum absolute atomic E-state index is 12.3. The number of carbonyl (C=O) groups excluding carboxylic acids is 1. The summed E-state index contributed by atoms with van der Waals surface area (Å²) < 4.78 is 5.64. The normalized spacial score (nSPS) is 10.8. The van der Waals surface area contributed by atoms with Crippen molar-refractivity contribution in [1.82, 2.24) is 0 Å². The molecule has 114 valence electrons. The first-order chi connectivity index (χ1) is 11.3. The first-order valence-corrected chi connectivity index (χ1v) is 7.25. The van der Waals surface area contributed by atoms with E-state index in [1.165, 1.54) is 0 Å². The van der Waals surface area contributed by atoms with Crippen LogP contribution in [0.5, 0.6) is 0 Å². The summed E-state index contributed by atoms with van der Waals surface area (Å²) >= 11 is 0. The third-order valence-corrected chi connectivity index (χ3v) is 3.31. The van der Waals surface area contributed by atoms with Crippen molar-refractivity contribution < 1.29 is 9.21 Å². The Kier molecular flexibility index (Phi) is 4.34. The van der Waals surface area contributed by atoms with Gasteiger partial charge < -0.3 is 9.73 Å². The summed E-state index contributed by atoms with van der Waals surface area (Å²) in [6.07, 6.45) is 1.73. The van der Waals surface area contributed by atoms with Crippen LogP contribution in [0.4, 0.5) is 5.69 Å². The lowest BCUT2D eigenvalue weighted by atomic mass is 10.2. The molecule has 4 heteroatoms. The molecule has 0 saturated heterocycles. The molecule has 3 aromatic rings. The number of nitrogens with one attached hydrogen (secondary N) is 1. The molecule has 3 rings (SSSR count). The molecule has 0 aliphatic carbocycles. The lowest BCUT2D eigenvalue weighted by Crippen LogP contribution is -2.10. The number of anilines is 1. The van der Waals surface area contributed by atoms with Crippen LogP contribution in [0.25, 0.3) is 11.3 Å². The molecule has 0 saturated carbocycles. The van der Waals surface area contributed by atoms with Crippen molar-refractivity contribution in [3.8, 4) is 11.3 Å². The van der Waals surface area contributed by atoms with E-state index in [0.29, 0.717) is 11.4 Å². The molecular formula is C19H16N2O2. The zero-order chi connectivity index (χ0) is 16.1. The fourth-order valence-corrected chi connectivity index (χ4v) is 2.26. The number of carbonyl (C=O) groups is 1. The second kappa shape index (κ2) is 6.75. The fraction of sp³-hybridized carbons (Fsp3) is 0.0526. The topological polar surface area (TPSA) is 54.6 Å². The molecule has 0 aliphatic heterocycles. The summed E-state index contributed by atoms with van der Waals surface area (Å²) in [6, 6.07) is 20.6. The summed E-state index contributed by atoms with van der Waals surface area (Å²) in [5.74, 6) is 0.666. The molecule has 1 amide bonds. The average molecular weight is 304 g/mol. The van der Waals surface area contributed by atoms with Crippen molar-refractivity contribution in [2.75, 3.05) is 12.4 Å². The van der Waals surface area contributed by atoms with Gasteiger partial charge in [0.15, 0.2) is 5.76 Å². The number of hydrogen-bond acceptors (Lipinski definition) is 3. The molecule has 1 aromatic heterocycles. The van der Waals surface area contributed by atoms with Crippen LogP contribution in [0.2, 0.25) is 0 Å². The Morgan fingerprint density at radius 1 is 1.04 bits per heavy atom. The lowest BCUT2D eigenvalue weighted by Gasteiger charge is -2.04. The average Bonchev–Trinajstić information content (AvgIpc) is 3.06. The molecule has 1 N–H and O–H groups in total. The molecule has 0 fully saturated rings. The molecule has 0 atom stereocenters. The smallest absolute Gasteiger partial charge is 0.291 e. The number of rotatable bonds is 4. The fourth-order valence-electron chi connectivity index (χ4n) is 2.26. The molecule has 2 aromatic carbocycles. The van der Waals surface area contributed by atoms with E-state index >= 15 is 0 Å². The quantitative estimate of drug-likeness (QED) is 0.733. The van der Waals surface area contributed by atoms with Gasteiger partial charge in [0, 0.05) is 24.5 Å². The minimum Gasteiger partial charge on any atom is -0.451 e. The second-order valence-corrected chi connectivity index (χ2v) is 5.00. The van der Waals surface area contributed by atoms with Gasteiger partial charge in [-0.25, -0.2) is 0 Å². The zero-order valence-corrected chi connectivity index (χ0v) is 12.7. The molecule has 0 spiro atoms. The van der Waals surface area contributed by atoms with Crippen LogP contribution >= 0.6 is 0 Å². The minimum atomic E-state index is -0.280. The van der Waals surface area contributed by atoms with Gasteiger partial charge in [0.1, 0.15) is 5.76 Å².